The number of nitrogens with zero attached hydrogens (tertiary/aromatic N) is 2. The Balaban J connectivity index is 1.95. The van der Waals surface area contributed by atoms with E-state index in [1.165, 1.54) is 5.56 Å². The molecule has 0 spiro atoms. The topological polar surface area (TPSA) is 73.1 Å². The van der Waals surface area contributed by atoms with Gasteiger partial charge in [-0.25, -0.2) is 9.97 Å². The lowest BCUT2D eigenvalue weighted by atomic mass is 10.2. The highest BCUT2D eigenvalue weighted by Crippen LogP contribution is 2.12. The van der Waals surface area contributed by atoms with Crippen molar-refractivity contribution in [2.24, 2.45) is 5.73 Å². The summed E-state index contributed by atoms with van der Waals surface area (Å²) in [5.41, 5.74) is 6.66. The van der Waals surface area contributed by atoms with Crippen LogP contribution in [0, 0.1) is 0 Å². The van der Waals surface area contributed by atoms with E-state index < -0.39 is 0 Å². The van der Waals surface area contributed by atoms with Gasteiger partial charge in [-0.2, -0.15) is 0 Å². The van der Waals surface area contributed by atoms with Crippen molar-refractivity contribution in [1.29, 1.82) is 0 Å². The average Bonchev–Trinajstić information content (AvgIpc) is 2.46. The van der Waals surface area contributed by atoms with Gasteiger partial charge < -0.3 is 15.8 Å². The Morgan fingerprint density at radius 2 is 2.00 bits per heavy atom. The minimum atomic E-state index is 0.557. The van der Waals surface area contributed by atoms with Crippen LogP contribution in [0.2, 0.25) is 0 Å². The van der Waals surface area contributed by atoms with Crippen molar-refractivity contribution >= 4 is 5.82 Å². The van der Waals surface area contributed by atoms with Gasteiger partial charge in [0.2, 0.25) is 0 Å². The van der Waals surface area contributed by atoms with E-state index in [0.717, 1.165) is 17.4 Å². The number of ether oxygens (including phenoxy) is 1. The van der Waals surface area contributed by atoms with E-state index in [2.05, 4.69) is 15.3 Å². The Labute approximate surface area is 112 Å². The standard InChI is InChI=1S/C14H18N4O/c1-19-12-4-2-11(3-5-12)10-17-14-7-9-16-13(18-14)6-8-15/h2-5,7,9H,6,8,10,15H2,1H3,(H,16,17,18). The second kappa shape index (κ2) is 6.70. The monoisotopic (exact) mass is 258 g/mol. The molecule has 5 nitrogen and oxygen atoms in total. The number of rotatable bonds is 6. The molecule has 1 heterocycles. The second-order valence-electron chi connectivity index (χ2n) is 4.10. The molecule has 1 aromatic heterocycles. The summed E-state index contributed by atoms with van der Waals surface area (Å²) in [7, 11) is 1.66. The quantitative estimate of drug-likeness (QED) is 0.823. The number of anilines is 1. The number of benzene rings is 1. The zero-order valence-electron chi connectivity index (χ0n) is 11.0. The van der Waals surface area contributed by atoms with E-state index in [9.17, 15) is 0 Å². The molecule has 0 fully saturated rings. The van der Waals surface area contributed by atoms with Gasteiger partial charge in [0.15, 0.2) is 0 Å². The van der Waals surface area contributed by atoms with Crippen LogP contribution in [0.3, 0.4) is 0 Å². The molecule has 0 bridgehead atoms. The molecule has 100 valence electrons. The van der Waals surface area contributed by atoms with Gasteiger partial charge in [-0.1, -0.05) is 12.1 Å². The Bertz CT molecular complexity index is 513. The summed E-state index contributed by atoms with van der Waals surface area (Å²) in [6.45, 7) is 1.27. The van der Waals surface area contributed by atoms with Crippen LogP contribution in [0.1, 0.15) is 11.4 Å². The molecule has 0 saturated heterocycles. The Morgan fingerprint density at radius 1 is 1.21 bits per heavy atom. The molecule has 19 heavy (non-hydrogen) atoms. The Morgan fingerprint density at radius 3 is 2.68 bits per heavy atom. The van der Waals surface area contributed by atoms with Crippen molar-refractivity contribution in [2.75, 3.05) is 19.0 Å². The molecule has 5 heteroatoms. The van der Waals surface area contributed by atoms with Crippen molar-refractivity contribution in [1.82, 2.24) is 9.97 Å². The molecule has 0 unspecified atom stereocenters. The van der Waals surface area contributed by atoms with Crippen LogP contribution in [0.15, 0.2) is 36.5 Å². The molecular weight excluding hydrogens is 240 g/mol. The van der Waals surface area contributed by atoms with Gasteiger partial charge in [0.1, 0.15) is 17.4 Å². The SMILES string of the molecule is COc1ccc(CNc2ccnc(CCN)n2)cc1. The highest BCUT2D eigenvalue weighted by atomic mass is 16.5. The minimum Gasteiger partial charge on any atom is -0.497 e. The third-order valence-corrected chi connectivity index (χ3v) is 2.71. The maximum absolute atomic E-state index is 5.49. The summed E-state index contributed by atoms with van der Waals surface area (Å²) in [5.74, 6) is 2.44. The van der Waals surface area contributed by atoms with Crippen molar-refractivity contribution in [3.05, 3.63) is 47.9 Å². The highest BCUT2D eigenvalue weighted by Gasteiger charge is 1.99. The van der Waals surface area contributed by atoms with Gasteiger partial charge in [-0.15, -0.1) is 0 Å². The highest BCUT2D eigenvalue weighted by molar-refractivity contribution is 5.35. The maximum Gasteiger partial charge on any atom is 0.131 e. The molecule has 0 aliphatic rings. The van der Waals surface area contributed by atoms with Crippen LogP contribution in [-0.2, 0) is 13.0 Å². The fourth-order valence-electron chi connectivity index (χ4n) is 1.68. The van der Waals surface area contributed by atoms with Gasteiger partial charge in [-0.05, 0) is 30.3 Å². The molecule has 2 rings (SSSR count). The first-order chi connectivity index (χ1) is 9.31. The molecule has 3 N–H and O–H groups in total. The zero-order chi connectivity index (χ0) is 13.5. The van der Waals surface area contributed by atoms with E-state index in [1.807, 2.05) is 30.3 Å². The van der Waals surface area contributed by atoms with Gasteiger partial charge in [-0.3, -0.25) is 0 Å². The third-order valence-electron chi connectivity index (χ3n) is 2.71. The molecule has 0 atom stereocenters. The van der Waals surface area contributed by atoms with Crippen LogP contribution < -0.4 is 15.8 Å². The summed E-state index contributed by atoms with van der Waals surface area (Å²) in [4.78, 5) is 8.54. The zero-order valence-corrected chi connectivity index (χ0v) is 11.0. The summed E-state index contributed by atoms with van der Waals surface area (Å²) < 4.78 is 5.12. The number of nitrogens with one attached hydrogen (secondary N) is 1. The Hall–Kier alpha value is -2.14. The summed E-state index contributed by atoms with van der Waals surface area (Å²) >= 11 is 0. The molecule has 0 aliphatic carbocycles. The molecule has 0 amide bonds. The van der Waals surface area contributed by atoms with Crippen LogP contribution in [-0.4, -0.2) is 23.6 Å². The predicted molar refractivity (Wildman–Crippen MR) is 75.1 cm³/mol. The lowest BCUT2D eigenvalue weighted by Gasteiger charge is -2.07. The number of methoxy groups -OCH3 is 1. The molecule has 0 radical (unpaired) electrons. The summed E-state index contributed by atoms with van der Waals surface area (Å²) in [6.07, 6.45) is 2.44. The average molecular weight is 258 g/mol. The number of hydrogen-bond donors (Lipinski definition) is 2. The minimum absolute atomic E-state index is 0.557. The van der Waals surface area contributed by atoms with Crippen molar-refractivity contribution in [3.63, 3.8) is 0 Å². The van der Waals surface area contributed by atoms with E-state index in [4.69, 9.17) is 10.5 Å². The number of hydrogen-bond acceptors (Lipinski definition) is 5. The summed E-state index contributed by atoms with van der Waals surface area (Å²) in [5, 5.41) is 3.26. The largest absolute Gasteiger partial charge is 0.497 e. The van der Waals surface area contributed by atoms with E-state index in [0.29, 0.717) is 19.5 Å². The van der Waals surface area contributed by atoms with Crippen LogP contribution in [0.25, 0.3) is 0 Å². The maximum atomic E-state index is 5.49. The van der Waals surface area contributed by atoms with E-state index >= 15 is 0 Å². The molecule has 0 aliphatic heterocycles. The first-order valence-corrected chi connectivity index (χ1v) is 6.20. The van der Waals surface area contributed by atoms with Gasteiger partial charge in [0, 0.05) is 19.2 Å². The van der Waals surface area contributed by atoms with Crippen molar-refractivity contribution in [3.8, 4) is 5.75 Å². The van der Waals surface area contributed by atoms with E-state index in [-0.39, 0.29) is 0 Å². The molecule has 0 saturated carbocycles. The number of aromatic nitrogens is 2. The first kappa shape index (κ1) is 13.3. The lowest BCUT2D eigenvalue weighted by Crippen LogP contribution is -2.08. The Kier molecular flexibility index (Phi) is 4.69. The summed E-state index contributed by atoms with van der Waals surface area (Å²) in [6, 6.07) is 9.78. The fourth-order valence-corrected chi connectivity index (χ4v) is 1.68. The van der Waals surface area contributed by atoms with Gasteiger partial charge in [0.25, 0.3) is 0 Å². The first-order valence-electron chi connectivity index (χ1n) is 6.20. The molecular formula is C14H18N4O. The van der Waals surface area contributed by atoms with Crippen LogP contribution >= 0.6 is 0 Å². The lowest BCUT2D eigenvalue weighted by molar-refractivity contribution is 0.414. The van der Waals surface area contributed by atoms with Crippen molar-refractivity contribution < 1.29 is 4.74 Å². The fraction of sp³-hybridized carbons (Fsp3) is 0.286. The predicted octanol–water partition coefficient (Wildman–Crippen LogP) is 1.60. The third kappa shape index (κ3) is 3.93. The number of nitrogens with two attached hydrogens (primary N) is 1. The smallest absolute Gasteiger partial charge is 0.131 e. The van der Waals surface area contributed by atoms with Crippen LogP contribution in [0.4, 0.5) is 5.82 Å². The van der Waals surface area contributed by atoms with Gasteiger partial charge >= 0.3 is 0 Å². The molecule has 1 aromatic carbocycles. The van der Waals surface area contributed by atoms with Crippen molar-refractivity contribution in [2.45, 2.75) is 13.0 Å². The van der Waals surface area contributed by atoms with E-state index in [1.54, 1.807) is 13.3 Å². The normalized spacial score (nSPS) is 10.2. The van der Waals surface area contributed by atoms with Gasteiger partial charge in [0.05, 0.1) is 7.11 Å². The van der Waals surface area contributed by atoms with Crippen LogP contribution in [0.5, 0.6) is 5.75 Å². The molecule has 2 aromatic rings. The second-order valence-corrected chi connectivity index (χ2v) is 4.10.